The van der Waals surface area contributed by atoms with Gasteiger partial charge in [0.15, 0.2) is 0 Å². The third-order valence-electron chi connectivity index (χ3n) is 3.62. The predicted molar refractivity (Wildman–Crippen MR) is 84.0 cm³/mol. The van der Waals surface area contributed by atoms with Gasteiger partial charge in [-0.05, 0) is 36.2 Å². The molecule has 0 spiro atoms. The number of hydrogen-bond acceptors (Lipinski definition) is 2. The summed E-state index contributed by atoms with van der Waals surface area (Å²) in [6.07, 6.45) is 0.753. The Morgan fingerprint density at radius 2 is 1.76 bits per heavy atom. The first-order chi connectivity index (χ1) is 10.2. The highest BCUT2D eigenvalue weighted by atomic mass is 16.2. The molecule has 1 amide bonds. The van der Waals surface area contributed by atoms with Crippen molar-refractivity contribution in [1.29, 1.82) is 5.26 Å². The number of hydrogen-bond donors (Lipinski definition) is 0. The lowest BCUT2D eigenvalue weighted by Gasteiger charge is -2.23. The average Bonchev–Trinajstić information content (AvgIpc) is 2.56. The number of likely N-dealkylation sites (N-methyl/N-ethyl adjacent to an activating group) is 1. The van der Waals surface area contributed by atoms with Gasteiger partial charge in [0.2, 0.25) is 5.91 Å². The molecule has 2 aromatic carbocycles. The van der Waals surface area contributed by atoms with Crippen LogP contribution in [0, 0.1) is 11.3 Å². The van der Waals surface area contributed by atoms with Crippen molar-refractivity contribution < 1.29 is 4.79 Å². The molecule has 2 rings (SSSR count). The fraction of sp³-hybridized carbons (Fsp3) is 0.222. The minimum absolute atomic E-state index is 0.0633. The van der Waals surface area contributed by atoms with Gasteiger partial charge in [-0.15, -0.1) is 0 Å². The number of rotatable bonds is 4. The lowest BCUT2D eigenvalue weighted by atomic mass is 9.95. The molecule has 0 aromatic heterocycles. The Morgan fingerprint density at radius 3 is 2.29 bits per heavy atom. The number of carbonyl (C=O) groups is 1. The van der Waals surface area contributed by atoms with Crippen LogP contribution in [0.25, 0.3) is 0 Å². The molecule has 0 aliphatic heterocycles. The second kappa shape index (κ2) is 6.71. The maximum atomic E-state index is 12.7. The van der Waals surface area contributed by atoms with E-state index >= 15 is 0 Å². The predicted octanol–water partition coefficient (Wildman–Crippen LogP) is 3.71. The summed E-state index contributed by atoms with van der Waals surface area (Å²) < 4.78 is 0. The van der Waals surface area contributed by atoms with Crippen LogP contribution in [0.1, 0.15) is 30.4 Å². The summed E-state index contributed by atoms with van der Waals surface area (Å²) in [7, 11) is 1.77. The summed E-state index contributed by atoms with van der Waals surface area (Å²) in [5.41, 5.74) is 2.42. The van der Waals surface area contributed by atoms with Gasteiger partial charge in [0.25, 0.3) is 0 Å². The largest absolute Gasteiger partial charge is 0.315 e. The van der Waals surface area contributed by atoms with Crippen LogP contribution in [-0.4, -0.2) is 13.0 Å². The van der Waals surface area contributed by atoms with E-state index in [4.69, 9.17) is 5.26 Å². The molecule has 0 saturated carbocycles. The van der Waals surface area contributed by atoms with E-state index in [-0.39, 0.29) is 11.8 Å². The molecule has 1 atom stereocenters. The first-order valence-electron chi connectivity index (χ1n) is 7.00. The van der Waals surface area contributed by atoms with E-state index in [2.05, 4.69) is 6.07 Å². The number of benzene rings is 2. The van der Waals surface area contributed by atoms with Gasteiger partial charge in [-0.25, -0.2) is 0 Å². The van der Waals surface area contributed by atoms with Crippen LogP contribution in [-0.2, 0) is 4.79 Å². The van der Waals surface area contributed by atoms with Crippen molar-refractivity contribution in [3.05, 3.63) is 65.7 Å². The maximum absolute atomic E-state index is 12.7. The van der Waals surface area contributed by atoms with Crippen LogP contribution in [0.5, 0.6) is 0 Å². The van der Waals surface area contributed by atoms with E-state index in [1.807, 2.05) is 37.3 Å². The van der Waals surface area contributed by atoms with Gasteiger partial charge in [-0.2, -0.15) is 5.26 Å². The van der Waals surface area contributed by atoms with Gasteiger partial charge in [0, 0.05) is 12.7 Å². The standard InChI is InChI=1S/C18H18N2O/c1-3-17(15-7-5-4-6-8-15)18(21)20(2)16-11-9-14(13-19)10-12-16/h4-12,17H,3H2,1-2H3. The molecule has 0 fully saturated rings. The topological polar surface area (TPSA) is 44.1 Å². The monoisotopic (exact) mass is 278 g/mol. The summed E-state index contributed by atoms with van der Waals surface area (Å²) in [5.74, 6) is -0.0831. The van der Waals surface area contributed by atoms with Gasteiger partial charge < -0.3 is 4.90 Å². The summed E-state index contributed by atoms with van der Waals surface area (Å²) in [6.45, 7) is 2.02. The first-order valence-corrected chi connectivity index (χ1v) is 7.00. The molecule has 3 nitrogen and oxygen atoms in total. The summed E-state index contributed by atoms with van der Waals surface area (Å²) >= 11 is 0. The minimum atomic E-state index is -0.146. The van der Waals surface area contributed by atoms with E-state index in [0.29, 0.717) is 5.56 Å². The molecule has 0 aliphatic rings. The Balaban J connectivity index is 2.22. The Morgan fingerprint density at radius 1 is 1.14 bits per heavy atom. The van der Waals surface area contributed by atoms with Crippen LogP contribution in [0.3, 0.4) is 0 Å². The zero-order valence-electron chi connectivity index (χ0n) is 12.3. The second-order valence-electron chi connectivity index (χ2n) is 4.93. The lowest BCUT2D eigenvalue weighted by Crippen LogP contribution is -2.31. The highest BCUT2D eigenvalue weighted by Crippen LogP contribution is 2.24. The molecule has 0 aliphatic carbocycles. The molecule has 0 N–H and O–H groups in total. The molecular weight excluding hydrogens is 260 g/mol. The molecule has 21 heavy (non-hydrogen) atoms. The van der Waals surface area contributed by atoms with Gasteiger partial charge in [-0.3, -0.25) is 4.79 Å². The normalized spacial score (nSPS) is 11.5. The number of anilines is 1. The van der Waals surface area contributed by atoms with Gasteiger partial charge in [-0.1, -0.05) is 37.3 Å². The van der Waals surface area contributed by atoms with E-state index in [1.165, 1.54) is 0 Å². The number of nitrogens with zero attached hydrogens (tertiary/aromatic N) is 2. The van der Waals surface area contributed by atoms with E-state index in [1.54, 1.807) is 36.2 Å². The van der Waals surface area contributed by atoms with Crippen LogP contribution in [0.2, 0.25) is 0 Å². The molecule has 1 unspecified atom stereocenters. The van der Waals surface area contributed by atoms with E-state index in [0.717, 1.165) is 17.7 Å². The molecule has 2 aromatic rings. The van der Waals surface area contributed by atoms with Crippen molar-refractivity contribution in [1.82, 2.24) is 0 Å². The van der Waals surface area contributed by atoms with Gasteiger partial charge in [0.1, 0.15) is 0 Å². The molecule has 0 saturated heterocycles. The number of nitriles is 1. The van der Waals surface area contributed by atoms with Gasteiger partial charge in [0.05, 0.1) is 17.6 Å². The third kappa shape index (κ3) is 3.29. The van der Waals surface area contributed by atoms with Crippen molar-refractivity contribution in [2.45, 2.75) is 19.3 Å². The van der Waals surface area contributed by atoms with Crippen molar-refractivity contribution >= 4 is 11.6 Å². The van der Waals surface area contributed by atoms with Crippen LogP contribution >= 0.6 is 0 Å². The van der Waals surface area contributed by atoms with Crippen LogP contribution in [0.4, 0.5) is 5.69 Å². The van der Waals surface area contributed by atoms with Crippen molar-refractivity contribution in [2.24, 2.45) is 0 Å². The first kappa shape index (κ1) is 14.8. The summed E-state index contributed by atoms with van der Waals surface area (Å²) in [4.78, 5) is 14.3. The highest BCUT2D eigenvalue weighted by Gasteiger charge is 2.22. The second-order valence-corrected chi connectivity index (χ2v) is 4.93. The van der Waals surface area contributed by atoms with E-state index in [9.17, 15) is 4.79 Å². The van der Waals surface area contributed by atoms with Crippen molar-refractivity contribution in [3.8, 4) is 6.07 Å². The van der Waals surface area contributed by atoms with E-state index < -0.39 is 0 Å². The fourth-order valence-electron chi connectivity index (χ4n) is 2.36. The molecule has 0 radical (unpaired) electrons. The van der Waals surface area contributed by atoms with Crippen LogP contribution in [0.15, 0.2) is 54.6 Å². The van der Waals surface area contributed by atoms with Crippen molar-refractivity contribution in [2.75, 3.05) is 11.9 Å². The molecule has 106 valence electrons. The quantitative estimate of drug-likeness (QED) is 0.855. The smallest absolute Gasteiger partial charge is 0.234 e. The highest BCUT2D eigenvalue weighted by molar-refractivity contribution is 5.97. The Kier molecular flexibility index (Phi) is 4.73. The molecule has 0 bridgehead atoms. The Hall–Kier alpha value is -2.60. The maximum Gasteiger partial charge on any atom is 0.234 e. The summed E-state index contributed by atoms with van der Waals surface area (Å²) in [6, 6.07) is 18.9. The summed E-state index contributed by atoms with van der Waals surface area (Å²) in [5, 5.41) is 8.82. The fourth-order valence-corrected chi connectivity index (χ4v) is 2.36. The Bertz CT molecular complexity index is 641. The lowest BCUT2D eigenvalue weighted by molar-refractivity contribution is -0.119. The SMILES string of the molecule is CCC(C(=O)N(C)c1ccc(C#N)cc1)c1ccccc1. The third-order valence-corrected chi connectivity index (χ3v) is 3.62. The minimum Gasteiger partial charge on any atom is -0.315 e. The zero-order chi connectivity index (χ0) is 15.2. The van der Waals surface area contributed by atoms with Crippen LogP contribution < -0.4 is 4.90 Å². The molecular formula is C18H18N2O. The molecule has 0 heterocycles. The van der Waals surface area contributed by atoms with Gasteiger partial charge >= 0.3 is 0 Å². The molecule has 3 heteroatoms. The number of amides is 1. The zero-order valence-corrected chi connectivity index (χ0v) is 12.3. The van der Waals surface area contributed by atoms with Crippen molar-refractivity contribution in [3.63, 3.8) is 0 Å². The Labute approximate surface area is 125 Å². The average molecular weight is 278 g/mol. The number of carbonyl (C=O) groups excluding carboxylic acids is 1.